The highest BCUT2D eigenvalue weighted by Crippen LogP contribution is 2.28. The number of nitrogens with zero attached hydrogens (tertiary/aromatic N) is 5. The van der Waals surface area contributed by atoms with E-state index in [0.29, 0.717) is 36.1 Å². The van der Waals surface area contributed by atoms with Crippen molar-refractivity contribution >= 4 is 5.91 Å². The second-order valence-corrected chi connectivity index (χ2v) is 6.08. The molecule has 25 heavy (non-hydrogen) atoms. The molecule has 0 radical (unpaired) electrons. The van der Waals surface area contributed by atoms with Crippen LogP contribution in [0.2, 0.25) is 0 Å². The Kier molecular flexibility index (Phi) is 4.01. The third-order valence-electron chi connectivity index (χ3n) is 4.42. The summed E-state index contributed by atoms with van der Waals surface area (Å²) >= 11 is 0. The van der Waals surface area contributed by atoms with Crippen LogP contribution in [0.1, 0.15) is 40.7 Å². The molecule has 3 aromatic heterocycles. The molecule has 1 atom stereocenters. The third kappa shape index (κ3) is 3.02. The second-order valence-electron chi connectivity index (χ2n) is 6.08. The summed E-state index contributed by atoms with van der Waals surface area (Å²) in [7, 11) is 0. The van der Waals surface area contributed by atoms with Crippen LogP contribution in [0.5, 0.6) is 0 Å². The molecule has 1 fully saturated rings. The molecule has 0 spiro atoms. The Balaban J connectivity index is 1.51. The summed E-state index contributed by atoms with van der Waals surface area (Å²) < 4.78 is 10.4. The summed E-state index contributed by atoms with van der Waals surface area (Å²) in [6.45, 7) is 3.00. The molecule has 8 heteroatoms. The van der Waals surface area contributed by atoms with E-state index in [2.05, 4.69) is 20.3 Å². The number of piperidine rings is 1. The molecule has 3 aromatic rings. The number of carbonyl (C=O) groups excluding carboxylic acids is 1. The minimum absolute atomic E-state index is 0.0530. The lowest BCUT2D eigenvalue weighted by Crippen LogP contribution is -2.39. The van der Waals surface area contributed by atoms with E-state index in [-0.39, 0.29) is 11.8 Å². The lowest BCUT2D eigenvalue weighted by atomic mass is 9.97. The van der Waals surface area contributed by atoms with Gasteiger partial charge in [-0.2, -0.15) is 4.98 Å². The van der Waals surface area contributed by atoms with Crippen molar-refractivity contribution in [2.24, 2.45) is 0 Å². The molecule has 1 aliphatic rings. The fourth-order valence-corrected chi connectivity index (χ4v) is 3.06. The number of aromatic nitrogens is 4. The van der Waals surface area contributed by atoms with Gasteiger partial charge in [0.25, 0.3) is 11.8 Å². The standard InChI is InChI=1S/C17H17N5O3/c1-11-14(9-19-24-11)17(23)22-8-2-3-13(10-22)15-20-16(25-21-15)12-4-6-18-7-5-12/h4-7,9,13H,2-3,8,10H2,1H3. The van der Waals surface area contributed by atoms with Gasteiger partial charge in [0.15, 0.2) is 5.82 Å². The van der Waals surface area contributed by atoms with Crippen molar-refractivity contribution in [3.05, 3.63) is 47.9 Å². The molecule has 4 heterocycles. The number of pyridine rings is 1. The molecule has 4 rings (SSSR count). The zero-order valence-corrected chi connectivity index (χ0v) is 13.8. The number of likely N-dealkylation sites (tertiary alicyclic amines) is 1. The van der Waals surface area contributed by atoms with E-state index in [0.717, 1.165) is 18.4 Å². The largest absolute Gasteiger partial charge is 0.361 e. The molecule has 0 bridgehead atoms. The van der Waals surface area contributed by atoms with E-state index in [4.69, 9.17) is 9.05 Å². The van der Waals surface area contributed by atoms with Gasteiger partial charge in [0.05, 0.1) is 6.20 Å². The minimum Gasteiger partial charge on any atom is -0.361 e. The van der Waals surface area contributed by atoms with Crippen LogP contribution in [-0.2, 0) is 0 Å². The van der Waals surface area contributed by atoms with Crippen LogP contribution in [0, 0.1) is 6.92 Å². The monoisotopic (exact) mass is 339 g/mol. The Morgan fingerprint density at radius 3 is 2.88 bits per heavy atom. The van der Waals surface area contributed by atoms with E-state index < -0.39 is 0 Å². The number of rotatable bonds is 3. The van der Waals surface area contributed by atoms with Gasteiger partial charge in [-0.25, -0.2) is 0 Å². The van der Waals surface area contributed by atoms with Gasteiger partial charge in [0.1, 0.15) is 11.3 Å². The molecule has 0 aromatic carbocycles. The average Bonchev–Trinajstić information content (AvgIpc) is 3.31. The van der Waals surface area contributed by atoms with Crippen LogP contribution in [0.25, 0.3) is 11.5 Å². The van der Waals surface area contributed by atoms with Gasteiger partial charge in [-0.15, -0.1) is 0 Å². The van der Waals surface area contributed by atoms with Crippen LogP contribution in [0.3, 0.4) is 0 Å². The third-order valence-corrected chi connectivity index (χ3v) is 4.42. The summed E-state index contributed by atoms with van der Waals surface area (Å²) in [5.41, 5.74) is 1.34. The van der Waals surface area contributed by atoms with Crippen molar-refractivity contribution in [2.45, 2.75) is 25.7 Å². The first kappa shape index (κ1) is 15.5. The molecule has 128 valence electrons. The fraction of sp³-hybridized carbons (Fsp3) is 0.353. The molecular weight excluding hydrogens is 322 g/mol. The lowest BCUT2D eigenvalue weighted by molar-refractivity contribution is 0.0702. The molecule has 0 saturated carbocycles. The zero-order valence-electron chi connectivity index (χ0n) is 13.8. The van der Waals surface area contributed by atoms with Gasteiger partial charge in [-0.1, -0.05) is 10.3 Å². The van der Waals surface area contributed by atoms with Crippen LogP contribution in [-0.4, -0.2) is 44.2 Å². The van der Waals surface area contributed by atoms with Gasteiger partial charge in [0.2, 0.25) is 0 Å². The zero-order chi connectivity index (χ0) is 17.2. The highest BCUT2D eigenvalue weighted by molar-refractivity contribution is 5.94. The molecule has 1 saturated heterocycles. The van der Waals surface area contributed by atoms with Crippen molar-refractivity contribution < 1.29 is 13.8 Å². The molecule has 1 amide bonds. The first-order valence-corrected chi connectivity index (χ1v) is 8.17. The van der Waals surface area contributed by atoms with Crippen molar-refractivity contribution in [3.63, 3.8) is 0 Å². The molecule has 0 N–H and O–H groups in total. The topological polar surface area (TPSA) is 98.2 Å². The number of hydrogen-bond donors (Lipinski definition) is 0. The van der Waals surface area contributed by atoms with Crippen molar-refractivity contribution in [2.75, 3.05) is 13.1 Å². The Labute approximate surface area is 143 Å². The Morgan fingerprint density at radius 2 is 2.12 bits per heavy atom. The summed E-state index contributed by atoms with van der Waals surface area (Å²) in [4.78, 5) is 22.9. The van der Waals surface area contributed by atoms with Crippen molar-refractivity contribution in [3.8, 4) is 11.5 Å². The van der Waals surface area contributed by atoms with Crippen molar-refractivity contribution in [1.82, 2.24) is 25.2 Å². The van der Waals surface area contributed by atoms with E-state index in [1.54, 1.807) is 24.2 Å². The van der Waals surface area contributed by atoms with Crippen LogP contribution in [0.4, 0.5) is 0 Å². The first-order chi connectivity index (χ1) is 12.2. The number of carbonyl (C=O) groups is 1. The smallest absolute Gasteiger partial charge is 0.259 e. The first-order valence-electron chi connectivity index (χ1n) is 8.17. The molecule has 1 unspecified atom stereocenters. The molecule has 0 aliphatic carbocycles. The Morgan fingerprint density at radius 1 is 1.28 bits per heavy atom. The van der Waals surface area contributed by atoms with Gasteiger partial charge in [-0.3, -0.25) is 9.78 Å². The predicted octanol–water partition coefficient (Wildman–Crippen LogP) is 2.45. The SMILES string of the molecule is Cc1oncc1C(=O)N1CCCC(c2noc(-c3ccncc3)n2)C1. The van der Waals surface area contributed by atoms with E-state index in [9.17, 15) is 4.79 Å². The molecule has 1 aliphatic heterocycles. The normalized spacial score (nSPS) is 17.6. The summed E-state index contributed by atoms with van der Waals surface area (Å²) in [5.74, 6) is 1.62. The van der Waals surface area contributed by atoms with Crippen LogP contribution in [0.15, 0.2) is 39.8 Å². The maximum Gasteiger partial charge on any atom is 0.259 e. The van der Waals surface area contributed by atoms with E-state index in [1.807, 2.05) is 12.1 Å². The van der Waals surface area contributed by atoms with Gasteiger partial charge >= 0.3 is 0 Å². The maximum atomic E-state index is 12.6. The quantitative estimate of drug-likeness (QED) is 0.722. The minimum atomic E-state index is -0.0682. The van der Waals surface area contributed by atoms with E-state index in [1.165, 1.54) is 6.20 Å². The Bertz CT molecular complexity index is 873. The summed E-state index contributed by atoms with van der Waals surface area (Å²) in [5, 5.41) is 7.80. The number of amides is 1. The lowest BCUT2D eigenvalue weighted by Gasteiger charge is -2.31. The van der Waals surface area contributed by atoms with Crippen LogP contribution >= 0.6 is 0 Å². The summed E-state index contributed by atoms with van der Waals surface area (Å²) in [6, 6.07) is 3.64. The maximum absolute atomic E-state index is 12.6. The summed E-state index contributed by atoms with van der Waals surface area (Å²) in [6.07, 6.45) is 6.64. The average molecular weight is 339 g/mol. The number of aryl methyl sites for hydroxylation is 1. The van der Waals surface area contributed by atoms with E-state index >= 15 is 0 Å². The van der Waals surface area contributed by atoms with Crippen molar-refractivity contribution in [1.29, 1.82) is 0 Å². The highest BCUT2D eigenvalue weighted by atomic mass is 16.5. The Hall–Kier alpha value is -3.03. The molecular formula is C17H17N5O3. The van der Waals surface area contributed by atoms with Crippen LogP contribution < -0.4 is 0 Å². The molecule has 8 nitrogen and oxygen atoms in total. The predicted molar refractivity (Wildman–Crippen MR) is 86.6 cm³/mol. The fourth-order valence-electron chi connectivity index (χ4n) is 3.06. The van der Waals surface area contributed by atoms with Gasteiger partial charge in [-0.05, 0) is 31.9 Å². The highest BCUT2D eigenvalue weighted by Gasteiger charge is 2.30. The number of hydrogen-bond acceptors (Lipinski definition) is 7. The second kappa shape index (κ2) is 6.46. The van der Waals surface area contributed by atoms with Gasteiger partial charge in [0, 0.05) is 37.0 Å². The van der Waals surface area contributed by atoms with Gasteiger partial charge < -0.3 is 13.9 Å².